The van der Waals surface area contributed by atoms with Crippen molar-refractivity contribution in [3.05, 3.63) is 39.9 Å². The van der Waals surface area contributed by atoms with Crippen LogP contribution in [0, 0.1) is 16.0 Å². The van der Waals surface area contributed by atoms with E-state index in [4.69, 9.17) is 9.47 Å². The van der Waals surface area contributed by atoms with Gasteiger partial charge in [0.2, 0.25) is 0 Å². The number of carbonyl (C=O) groups is 1. The van der Waals surface area contributed by atoms with Gasteiger partial charge in [0.05, 0.1) is 11.5 Å². The summed E-state index contributed by atoms with van der Waals surface area (Å²) in [6.07, 6.45) is 0.846. The highest BCUT2D eigenvalue weighted by Gasteiger charge is 2.15. The Morgan fingerprint density at radius 3 is 2.36 bits per heavy atom. The van der Waals surface area contributed by atoms with E-state index in [1.165, 1.54) is 12.1 Å². The van der Waals surface area contributed by atoms with E-state index in [2.05, 4.69) is 13.8 Å². The van der Waals surface area contributed by atoms with E-state index < -0.39 is 11.0 Å². The second-order valence-electron chi connectivity index (χ2n) is 5.54. The molecule has 0 heterocycles. The van der Waals surface area contributed by atoms with Gasteiger partial charge in [-0.1, -0.05) is 26.0 Å². The molecule has 1 rings (SSSR count). The van der Waals surface area contributed by atoms with Gasteiger partial charge in [-0.15, -0.1) is 0 Å². The standard InChI is InChI=1S/C16H23NO5/c1-12(2)8-10-21-13(3)16(18)22-11-9-14-4-6-15(7-5-14)17(19)20/h4-7,12-13H,8-11H2,1-3H3. The number of esters is 1. The van der Waals surface area contributed by atoms with Crippen LogP contribution in [0.25, 0.3) is 0 Å². The maximum absolute atomic E-state index is 11.7. The number of ether oxygens (including phenoxy) is 2. The molecule has 122 valence electrons. The van der Waals surface area contributed by atoms with Gasteiger partial charge in [0.15, 0.2) is 6.10 Å². The van der Waals surface area contributed by atoms with Crippen LogP contribution in [0.1, 0.15) is 32.8 Å². The van der Waals surface area contributed by atoms with Gasteiger partial charge in [-0.05, 0) is 24.8 Å². The fourth-order valence-electron chi connectivity index (χ4n) is 1.72. The third-order valence-electron chi connectivity index (χ3n) is 3.18. The van der Waals surface area contributed by atoms with Crippen molar-refractivity contribution in [2.45, 2.75) is 39.7 Å². The summed E-state index contributed by atoms with van der Waals surface area (Å²) in [4.78, 5) is 21.8. The molecule has 0 aromatic heterocycles. The molecule has 0 aliphatic carbocycles. The van der Waals surface area contributed by atoms with E-state index >= 15 is 0 Å². The summed E-state index contributed by atoms with van der Waals surface area (Å²) >= 11 is 0. The van der Waals surface area contributed by atoms with Gasteiger partial charge < -0.3 is 9.47 Å². The third kappa shape index (κ3) is 6.67. The predicted octanol–water partition coefficient (Wildman–Crippen LogP) is 3.13. The molecule has 1 aromatic carbocycles. The number of rotatable bonds is 9. The summed E-state index contributed by atoms with van der Waals surface area (Å²) in [6, 6.07) is 6.20. The van der Waals surface area contributed by atoms with Crippen molar-refractivity contribution in [2.24, 2.45) is 5.92 Å². The molecular weight excluding hydrogens is 286 g/mol. The molecule has 1 unspecified atom stereocenters. The van der Waals surface area contributed by atoms with Crippen LogP contribution in [0.3, 0.4) is 0 Å². The smallest absolute Gasteiger partial charge is 0.334 e. The number of benzene rings is 1. The number of nitro benzene ring substituents is 1. The number of nitrogens with zero attached hydrogens (tertiary/aromatic N) is 1. The summed E-state index contributed by atoms with van der Waals surface area (Å²) in [5, 5.41) is 10.5. The van der Waals surface area contributed by atoms with E-state index in [1.807, 2.05) is 0 Å². The van der Waals surface area contributed by atoms with Crippen LogP contribution in [-0.4, -0.2) is 30.2 Å². The quantitative estimate of drug-likeness (QED) is 0.398. The number of nitro groups is 1. The van der Waals surface area contributed by atoms with Gasteiger partial charge in [0.1, 0.15) is 0 Å². The highest BCUT2D eigenvalue weighted by atomic mass is 16.6. The zero-order valence-corrected chi connectivity index (χ0v) is 13.3. The number of non-ortho nitro benzene ring substituents is 1. The normalized spacial score (nSPS) is 12.2. The summed E-state index contributed by atoms with van der Waals surface area (Å²) < 4.78 is 10.6. The number of carbonyl (C=O) groups excluding carboxylic acids is 1. The summed E-state index contributed by atoms with van der Waals surface area (Å²) in [5.74, 6) is 0.149. The van der Waals surface area contributed by atoms with Crippen molar-refractivity contribution in [1.29, 1.82) is 0 Å². The van der Waals surface area contributed by atoms with Crippen LogP contribution >= 0.6 is 0 Å². The lowest BCUT2D eigenvalue weighted by atomic mass is 10.1. The van der Waals surface area contributed by atoms with E-state index in [9.17, 15) is 14.9 Å². The van der Waals surface area contributed by atoms with E-state index in [1.54, 1.807) is 19.1 Å². The van der Waals surface area contributed by atoms with Crippen molar-refractivity contribution in [3.63, 3.8) is 0 Å². The maximum atomic E-state index is 11.7. The third-order valence-corrected chi connectivity index (χ3v) is 3.18. The molecule has 0 spiro atoms. The number of hydrogen-bond acceptors (Lipinski definition) is 5. The monoisotopic (exact) mass is 309 g/mol. The van der Waals surface area contributed by atoms with Crippen LogP contribution in [0.15, 0.2) is 24.3 Å². The lowest BCUT2D eigenvalue weighted by Gasteiger charge is -2.13. The first-order valence-electron chi connectivity index (χ1n) is 7.41. The Kier molecular flexibility index (Phi) is 7.52. The minimum Gasteiger partial charge on any atom is -0.463 e. The van der Waals surface area contributed by atoms with E-state index in [0.29, 0.717) is 18.9 Å². The van der Waals surface area contributed by atoms with Crippen LogP contribution < -0.4 is 0 Å². The highest BCUT2D eigenvalue weighted by molar-refractivity contribution is 5.74. The van der Waals surface area contributed by atoms with Crippen LogP contribution in [0.5, 0.6) is 0 Å². The molecule has 0 bridgehead atoms. The van der Waals surface area contributed by atoms with Gasteiger partial charge in [-0.2, -0.15) is 0 Å². The van der Waals surface area contributed by atoms with Crippen molar-refractivity contribution in [1.82, 2.24) is 0 Å². The molecule has 0 aliphatic heterocycles. The Bertz CT molecular complexity index is 484. The Hall–Kier alpha value is -1.95. The topological polar surface area (TPSA) is 78.7 Å². The SMILES string of the molecule is CC(C)CCOC(C)C(=O)OCCc1ccc([N+](=O)[O-])cc1. The number of hydrogen-bond donors (Lipinski definition) is 0. The Balaban J connectivity index is 2.27. The molecule has 0 amide bonds. The predicted molar refractivity (Wildman–Crippen MR) is 82.6 cm³/mol. The molecule has 0 saturated carbocycles. The van der Waals surface area contributed by atoms with Crippen LogP contribution in [0.4, 0.5) is 5.69 Å². The molecule has 0 saturated heterocycles. The molecule has 6 nitrogen and oxygen atoms in total. The average Bonchev–Trinajstić information content (AvgIpc) is 2.47. The Morgan fingerprint density at radius 2 is 1.82 bits per heavy atom. The van der Waals surface area contributed by atoms with Crippen molar-refractivity contribution >= 4 is 11.7 Å². The first kappa shape index (κ1) is 18.1. The Labute approximate surface area is 130 Å². The molecule has 0 fully saturated rings. The van der Waals surface area contributed by atoms with Gasteiger partial charge in [0, 0.05) is 25.2 Å². The molecule has 1 aromatic rings. The first-order valence-corrected chi connectivity index (χ1v) is 7.41. The van der Waals surface area contributed by atoms with Crippen LogP contribution in [-0.2, 0) is 20.7 Å². The van der Waals surface area contributed by atoms with Gasteiger partial charge >= 0.3 is 5.97 Å². The molecule has 0 aliphatic rings. The highest BCUT2D eigenvalue weighted by Crippen LogP contribution is 2.12. The molecule has 22 heavy (non-hydrogen) atoms. The van der Waals surface area contributed by atoms with E-state index in [-0.39, 0.29) is 18.3 Å². The van der Waals surface area contributed by atoms with Gasteiger partial charge in [-0.25, -0.2) is 4.79 Å². The minimum atomic E-state index is -0.574. The lowest BCUT2D eigenvalue weighted by Crippen LogP contribution is -2.25. The van der Waals surface area contributed by atoms with Crippen LogP contribution in [0.2, 0.25) is 0 Å². The van der Waals surface area contributed by atoms with Gasteiger partial charge in [0.25, 0.3) is 5.69 Å². The van der Waals surface area contributed by atoms with Crippen molar-refractivity contribution in [3.8, 4) is 0 Å². The average molecular weight is 309 g/mol. The minimum absolute atomic E-state index is 0.0490. The van der Waals surface area contributed by atoms with Crippen molar-refractivity contribution in [2.75, 3.05) is 13.2 Å². The zero-order chi connectivity index (χ0) is 16.5. The summed E-state index contributed by atoms with van der Waals surface area (Å²) in [5.41, 5.74) is 0.930. The largest absolute Gasteiger partial charge is 0.463 e. The van der Waals surface area contributed by atoms with Crippen molar-refractivity contribution < 1.29 is 19.2 Å². The molecule has 1 atom stereocenters. The maximum Gasteiger partial charge on any atom is 0.334 e. The fraction of sp³-hybridized carbons (Fsp3) is 0.562. The molecule has 0 N–H and O–H groups in total. The molecule has 0 radical (unpaired) electrons. The summed E-state index contributed by atoms with van der Waals surface area (Å²) in [6.45, 7) is 6.63. The lowest BCUT2D eigenvalue weighted by molar-refractivity contribution is -0.384. The second kappa shape index (κ2) is 9.15. The van der Waals surface area contributed by atoms with Gasteiger partial charge in [-0.3, -0.25) is 10.1 Å². The fourth-order valence-corrected chi connectivity index (χ4v) is 1.72. The molecular formula is C16H23NO5. The molecule has 6 heteroatoms. The zero-order valence-electron chi connectivity index (χ0n) is 13.3. The Morgan fingerprint density at radius 1 is 1.18 bits per heavy atom. The first-order chi connectivity index (χ1) is 10.4. The second-order valence-corrected chi connectivity index (χ2v) is 5.54. The van der Waals surface area contributed by atoms with E-state index in [0.717, 1.165) is 12.0 Å². The summed E-state index contributed by atoms with van der Waals surface area (Å²) in [7, 11) is 0.